The second kappa shape index (κ2) is 5.76. The Morgan fingerprint density at radius 2 is 2.06 bits per heavy atom. The number of hydrogen-bond acceptors (Lipinski definition) is 3. The molecule has 0 saturated heterocycles. The zero-order valence-corrected chi connectivity index (χ0v) is 10.7. The zero-order chi connectivity index (χ0) is 13.0. The minimum Gasteiger partial charge on any atom is -0.461 e. The van der Waals surface area contributed by atoms with E-state index >= 15 is 0 Å². The molecule has 0 fully saturated rings. The second-order valence-electron chi connectivity index (χ2n) is 3.45. The van der Waals surface area contributed by atoms with Gasteiger partial charge in [-0.15, -0.1) is 0 Å². The summed E-state index contributed by atoms with van der Waals surface area (Å²) in [5.41, 5.74) is 0.743. The highest BCUT2D eigenvalue weighted by atomic mass is 35.5. The molecule has 5 heteroatoms. The van der Waals surface area contributed by atoms with Crippen LogP contribution in [0.2, 0.25) is 10.0 Å². The summed E-state index contributed by atoms with van der Waals surface area (Å²) in [5.74, 6) is 0.0785. The number of carbonyl (C=O) groups is 1. The van der Waals surface area contributed by atoms with Gasteiger partial charge in [-0.2, -0.15) is 0 Å². The maximum atomic E-state index is 11.5. The fourth-order valence-corrected chi connectivity index (χ4v) is 1.60. The van der Waals surface area contributed by atoms with Crippen molar-refractivity contribution in [1.82, 2.24) is 0 Å². The van der Waals surface area contributed by atoms with Gasteiger partial charge in [0.1, 0.15) is 0 Å². The van der Waals surface area contributed by atoms with E-state index in [0.717, 1.165) is 5.69 Å². The molecule has 0 aliphatic carbocycles. The van der Waals surface area contributed by atoms with E-state index in [-0.39, 0.29) is 5.78 Å². The monoisotopic (exact) mass is 281 g/mol. The molecular formula is C13H9Cl2NO2. The van der Waals surface area contributed by atoms with Crippen molar-refractivity contribution in [1.29, 1.82) is 0 Å². The number of nitrogens with one attached hydrogen (secondary N) is 1. The first-order valence-electron chi connectivity index (χ1n) is 5.13. The summed E-state index contributed by atoms with van der Waals surface area (Å²) in [6.45, 7) is 0. The molecule has 2 aromatic rings. The normalized spacial score (nSPS) is 10.8. The lowest BCUT2D eigenvalue weighted by atomic mass is 10.3. The quantitative estimate of drug-likeness (QED) is 0.667. The fourth-order valence-electron chi connectivity index (χ4n) is 1.30. The summed E-state index contributed by atoms with van der Waals surface area (Å²) in [4.78, 5) is 11.5. The molecule has 92 valence electrons. The van der Waals surface area contributed by atoms with Crippen molar-refractivity contribution in [3.05, 3.63) is 64.7 Å². The number of benzene rings is 1. The maximum Gasteiger partial charge on any atom is 0.222 e. The van der Waals surface area contributed by atoms with Gasteiger partial charge in [-0.3, -0.25) is 4.79 Å². The molecule has 0 radical (unpaired) electrons. The molecule has 0 amide bonds. The Labute approximate surface area is 114 Å². The average molecular weight is 282 g/mol. The minimum atomic E-state index is -0.215. The third kappa shape index (κ3) is 3.15. The van der Waals surface area contributed by atoms with Gasteiger partial charge in [0.2, 0.25) is 5.78 Å². The lowest BCUT2D eigenvalue weighted by Gasteiger charge is -2.01. The summed E-state index contributed by atoms with van der Waals surface area (Å²) >= 11 is 11.6. The molecule has 1 aromatic heterocycles. The topological polar surface area (TPSA) is 42.2 Å². The first-order chi connectivity index (χ1) is 8.66. The third-order valence-electron chi connectivity index (χ3n) is 2.17. The van der Waals surface area contributed by atoms with Gasteiger partial charge < -0.3 is 9.73 Å². The molecule has 0 bridgehead atoms. The SMILES string of the molecule is O=C(/C=C/Nc1ccc(Cl)c(Cl)c1)c1ccco1. The van der Waals surface area contributed by atoms with Crippen molar-refractivity contribution in [3.63, 3.8) is 0 Å². The molecule has 0 atom stereocenters. The number of hydrogen-bond donors (Lipinski definition) is 1. The molecule has 0 saturated carbocycles. The van der Waals surface area contributed by atoms with Gasteiger partial charge >= 0.3 is 0 Å². The largest absolute Gasteiger partial charge is 0.461 e. The number of anilines is 1. The van der Waals surface area contributed by atoms with Crippen LogP contribution in [0.15, 0.2) is 53.3 Å². The third-order valence-corrected chi connectivity index (χ3v) is 2.91. The Kier molecular flexibility index (Phi) is 4.07. The molecule has 1 N–H and O–H groups in total. The number of allylic oxidation sites excluding steroid dienone is 1. The second-order valence-corrected chi connectivity index (χ2v) is 4.26. The summed E-state index contributed by atoms with van der Waals surface area (Å²) < 4.78 is 4.97. The van der Waals surface area contributed by atoms with Gasteiger partial charge in [-0.1, -0.05) is 23.2 Å². The van der Waals surface area contributed by atoms with E-state index in [2.05, 4.69) is 5.32 Å². The van der Waals surface area contributed by atoms with E-state index in [1.165, 1.54) is 18.5 Å². The van der Waals surface area contributed by atoms with Crippen molar-refractivity contribution < 1.29 is 9.21 Å². The van der Waals surface area contributed by atoms with Crippen molar-refractivity contribution in [2.45, 2.75) is 0 Å². The molecule has 18 heavy (non-hydrogen) atoms. The Morgan fingerprint density at radius 3 is 2.72 bits per heavy atom. The Morgan fingerprint density at radius 1 is 1.22 bits per heavy atom. The van der Waals surface area contributed by atoms with Crippen LogP contribution >= 0.6 is 23.2 Å². The van der Waals surface area contributed by atoms with Crippen LogP contribution in [0.4, 0.5) is 5.69 Å². The predicted molar refractivity (Wildman–Crippen MR) is 72.3 cm³/mol. The zero-order valence-electron chi connectivity index (χ0n) is 9.19. The summed E-state index contributed by atoms with van der Waals surface area (Å²) in [6, 6.07) is 8.37. The lowest BCUT2D eigenvalue weighted by Crippen LogP contribution is -1.94. The molecule has 0 unspecified atom stereocenters. The van der Waals surface area contributed by atoms with Gasteiger partial charge in [0.15, 0.2) is 5.76 Å². The van der Waals surface area contributed by atoms with E-state index < -0.39 is 0 Å². The summed E-state index contributed by atoms with van der Waals surface area (Å²) in [7, 11) is 0. The standard InChI is InChI=1S/C13H9Cl2NO2/c14-10-4-3-9(8-11(10)15)16-6-5-12(17)13-2-1-7-18-13/h1-8,16H/b6-5+. The highest BCUT2D eigenvalue weighted by molar-refractivity contribution is 6.42. The van der Waals surface area contributed by atoms with Gasteiger partial charge in [-0.25, -0.2) is 0 Å². The maximum absolute atomic E-state index is 11.5. The molecule has 1 aromatic carbocycles. The van der Waals surface area contributed by atoms with Crippen molar-refractivity contribution in [3.8, 4) is 0 Å². The van der Waals surface area contributed by atoms with E-state index in [0.29, 0.717) is 15.8 Å². The van der Waals surface area contributed by atoms with Crippen LogP contribution in [0.1, 0.15) is 10.6 Å². The first kappa shape index (κ1) is 12.7. The number of furan rings is 1. The Hall–Kier alpha value is -1.71. The van der Waals surface area contributed by atoms with Crippen LogP contribution < -0.4 is 5.32 Å². The van der Waals surface area contributed by atoms with Crippen LogP contribution in [-0.4, -0.2) is 5.78 Å². The highest BCUT2D eigenvalue weighted by Crippen LogP contribution is 2.24. The molecule has 0 spiro atoms. The van der Waals surface area contributed by atoms with Crippen LogP contribution in [0.25, 0.3) is 0 Å². The predicted octanol–water partition coefficient (Wildman–Crippen LogP) is 4.39. The number of carbonyl (C=O) groups excluding carboxylic acids is 1. The van der Waals surface area contributed by atoms with E-state index in [1.54, 1.807) is 30.3 Å². The number of ketones is 1. The van der Waals surface area contributed by atoms with E-state index in [9.17, 15) is 4.79 Å². The minimum absolute atomic E-state index is 0.215. The molecule has 0 aliphatic rings. The van der Waals surface area contributed by atoms with E-state index in [4.69, 9.17) is 27.6 Å². The smallest absolute Gasteiger partial charge is 0.222 e. The lowest BCUT2D eigenvalue weighted by molar-refractivity contribution is 0.102. The number of halogens is 2. The summed E-state index contributed by atoms with van der Waals surface area (Å²) in [5, 5.41) is 3.85. The fraction of sp³-hybridized carbons (Fsp3) is 0. The van der Waals surface area contributed by atoms with Crippen molar-refractivity contribution in [2.24, 2.45) is 0 Å². The Balaban J connectivity index is 1.99. The molecule has 1 heterocycles. The molecular weight excluding hydrogens is 273 g/mol. The van der Waals surface area contributed by atoms with Crippen molar-refractivity contribution >= 4 is 34.7 Å². The van der Waals surface area contributed by atoms with Gasteiger partial charge in [0, 0.05) is 18.0 Å². The van der Waals surface area contributed by atoms with Crippen LogP contribution in [0, 0.1) is 0 Å². The average Bonchev–Trinajstić information content (AvgIpc) is 2.87. The summed E-state index contributed by atoms with van der Waals surface area (Å²) in [6.07, 6.45) is 4.35. The first-order valence-corrected chi connectivity index (χ1v) is 5.88. The van der Waals surface area contributed by atoms with Gasteiger partial charge in [0.25, 0.3) is 0 Å². The molecule has 0 aliphatic heterocycles. The van der Waals surface area contributed by atoms with E-state index in [1.807, 2.05) is 0 Å². The van der Waals surface area contributed by atoms with Crippen molar-refractivity contribution in [2.75, 3.05) is 5.32 Å². The molecule has 3 nitrogen and oxygen atoms in total. The van der Waals surface area contributed by atoms with Crippen LogP contribution in [-0.2, 0) is 0 Å². The van der Waals surface area contributed by atoms with Crippen LogP contribution in [0.5, 0.6) is 0 Å². The molecule has 2 rings (SSSR count). The van der Waals surface area contributed by atoms with Crippen LogP contribution in [0.3, 0.4) is 0 Å². The van der Waals surface area contributed by atoms with Gasteiger partial charge in [0.05, 0.1) is 16.3 Å². The van der Waals surface area contributed by atoms with Gasteiger partial charge in [-0.05, 0) is 30.3 Å². The number of rotatable bonds is 4. The Bertz CT molecular complexity index is 577. The highest BCUT2D eigenvalue weighted by Gasteiger charge is 2.03.